The second-order valence-corrected chi connectivity index (χ2v) is 8.39. The van der Waals surface area contributed by atoms with Crippen molar-refractivity contribution in [3.63, 3.8) is 0 Å². The third-order valence-electron chi connectivity index (χ3n) is 5.16. The minimum atomic E-state index is -0.161. The van der Waals surface area contributed by atoms with E-state index in [1.165, 1.54) is 57.8 Å². The van der Waals surface area contributed by atoms with Crippen LogP contribution >= 0.6 is 9.03 Å². The van der Waals surface area contributed by atoms with Gasteiger partial charge in [-0.05, 0) is 24.7 Å². The summed E-state index contributed by atoms with van der Waals surface area (Å²) in [7, 11) is 0.129. The molecule has 0 amide bonds. The van der Waals surface area contributed by atoms with E-state index in [-0.39, 0.29) is 21.1 Å². The zero-order valence-electron chi connectivity index (χ0n) is 13.8. The van der Waals surface area contributed by atoms with Crippen LogP contribution in [-0.4, -0.2) is 24.4 Å². The number of aliphatic hydroxyl groups excluding tert-OH is 1. The van der Waals surface area contributed by atoms with Gasteiger partial charge in [0.15, 0.2) is 9.03 Å². The summed E-state index contributed by atoms with van der Waals surface area (Å²) in [4.78, 5) is 0. The fraction of sp³-hybridized carbons (Fsp3) is 1.00. The van der Waals surface area contributed by atoms with E-state index in [9.17, 15) is 5.11 Å². The van der Waals surface area contributed by atoms with Gasteiger partial charge in [0, 0.05) is 5.41 Å². The molecule has 2 fully saturated rings. The summed E-state index contributed by atoms with van der Waals surface area (Å²) in [5.41, 5.74) is -0.161. The fourth-order valence-electron chi connectivity index (χ4n) is 3.74. The Bertz CT molecular complexity index is 290. The molecule has 0 saturated heterocycles. The van der Waals surface area contributed by atoms with E-state index in [4.69, 9.17) is 9.05 Å². The van der Waals surface area contributed by atoms with Crippen LogP contribution in [0.3, 0.4) is 0 Å². The first-order valence-electron chi connectivity index (χ1n) is 8.76. The van der Waals surface area contributed by atoms with Crippen molar-refractivity contribution in [1.29, 1.82) is 0 Å². The molecule has 3 atom stereocenters. The van der Waals surface area contributed by atoms with Crippen LogP contribution in [0.2, 0.25) is 0 Å². The van der Waals surface area contributed by atoms with E-state index in [0.717, 1.165) is 11.8 Å². The molecule has 3 nitrogen and oxygen atoms in total. The van der Waals surface area contributed by atoms with Gasteiger partial charge in [-0.25, -0.2) is 0 Å². The Balaban J connectivity index is 1.74. The molecule has 0 aromatic rings. The average molecular weight is 316 g/mol. The Labute approximate surface area is 132 Å². The van der Waals surface area contributed by atoms with E-state index in [1.807, 2.05) is 13.8 Å². The minimum Gasteiger partial charge on any atom is -0.396 e. The van der Waals surface area contributed by atoms with Gasteiger partial charge in [-0.15, -0.1) is 0 Å². The molecule has 1 N–H and O–H groups in total. The number of hydrogen-bond donors (Lipinski definition) is 1. The van der Waals surface area contributed by atoms with E-state index in [2.05, 4.69) is 0 Å². The van der Waals surface area contributed by atoms with Crippen molar-refractivity contribution in [1.82, 2.24) is 0 Å². The minimum absolute atomic E-state index is 0.129. The predicted molar refractivity (Wildman–Crippen MR) is 88.5 cm³/mol. The lowest BCUT2D eigenvalue weighted by molar-refractivity contribution is 0.0377. The van der Waals surface area contributed by atoms with Crippen molar-refractivity contribution in [2.75, 3.05) is 13.2 Å². The maximum Gasteiger partial charge on any atom is 0.155 e. The van der Waals surface area contributed by atoms with Gasteiger partial charge in [-0.1, -0.05) is 58.8 Å². The van der Waals surface area contributed by atoms with E-state index < -0.39 is 0 Å². The molecule has 3 unspecified atom stereocenters. The summed E-state index contributed by atoms with van der Waals surface area (Å²) in [5.74, 6) is 1.66. The van der Waals surface area contributed by atoms with Crippen LogP contribution < -0.4 is 0 Å². The summed E-state index contributed by atoms with van der Waals surface area (Å²) < 4.78 is 11.8. The fourth-order valence-corrected chi connectivity index (χ4v) is 4.67. The van der Waals surface area contributed by atoms with Crippen molar-refractivity contribution in [2.45, 2.75) is 77.7 Å². The highest BCUT2D eigenvalue weighted by Gasteiger charge is 2.33. The lowest BCUT2D eigenvalue weighted by Crippen LogP contribution is -2.33. The van der Waals surface area contributed by atoms with Crippen LogP contribution in [0.5, 0.6) is 0 Å². The van der Waals surface area contributed by atoms with Crippen LogP contribution in [0, 0.1) is 17.3 Å². The monoisotopic (exact) mass is 316 g/mol. The van der Waals surface area contributed by atoms with Crippen LogP contribution in [0.15, 0.2) is 0 Å². The average Bonchev–Trinajstić information content (AvgIpc) is 2.53. The normalized spacial score (nSPS) is 29.3. The Hall–Kier alpha value is 0.310. The standard InChI is InChI=1S/C17H33O3P/c1-17(2,12-18)13-19-21-20-16-11-7-6-10-15(16)14-8-4-3-5-9-14/h14-16,18,21H,3-13H2,1-2H3. The van der Waals surface area contributed by atoms with Crippen LogP contribution in [0.25, 0.3) is 0 Å². The summed E-state index contributed by atoms with van der Waals surface area (Å²) in [6.07, 6.45) is 12.7. The second-order valence-electron chi connectivity index (χ2n) is 7.70. The molecule has 0 bridgehead atoms. The molecule has 2 saturated carbocycles. The van der Waals surface area contributed by atoms with Gasteiger partial charge in [0.2, 0.25) is 0 Å². The molecular formula is C17H33O3P. The SMILES string of the molecule is CC(C)(CO)COPOC1CCCCC1C1CCCCC1. The molecule has 0 aromatic carbocycles. The van der Waals surface area contributed by atoms with Gasteiger partial charge in [0.25, 0.3) is 0 Å². The zero-order valence-corrected chi connectivity index (χ0v) is 14.8. The van der Waals surface area contributed by atoms with Gasteiger partial charge in [0.1, 0.15) is 0 Å². The Morgan fingerprint density at radius 3 is 2.38 bits per heavy atom. The predicted octanol–water partition coefficient (Wildman–Crippen LogP) is 4.69. The maximum atomic E-state index is 9.24. The highest BCUT2D eigenvalue weighted by atomic mass is 31.1. The van der Waals surface area contributed by atoms with Gasteiger partial charge in [-0.3, -0.25) is 0 Å². The highest BCUT2D eigenvalue weighted by Crippen LogP contribution is 2.41. The van der Waals surface area contributed by atoms with Crippen LogP contribution in [-0.2, 0) is 9.05 Å². The molecule has 21 heavy (non-hydrogen) atoms. The molecule has 0 aliphatic heterocycles. The van der Waals surface area contributed by atoms with E-state index >= 15 is 0 Å². The molecule has 2 aliphatic rings. The van der Waals surface area contributed by atoms with Crippen molar-refractivity contribution < 1.29 is 14.2 Å². The van der Waals surface area contributed by atoms with Gasteiger partial charge < -0.3 is 14.2 Å². The van der Waals surface area contributed by atoms with Crippen molar-refractivity contribution in [3.8, 4) is 0 Å². The first kappa shape index (κ1) is 17.7. The first-order chi connectivity index (χ1) is 10.1. The van der Waals surface area contributed by atoms with Crippen molar-refractivity contribution in [2.24, 2.45) is 17.3 Å². The zero-order chi connectivity index (χ0) is 15.1. The lowest BCUT2D eigenvalue weighted by Gasteiger charge is -2.38. The first-order valence-corrected chi connectivity index (χ1v) is 9.57. The second kappa shape index (κ2) is 8.82. The molecule has 0 aromatic heterocycles. The topological polar surface area (TPSA) is 38.7 Å². The quantitative estimate of drug-likeness (QED) is 0.547. The maximum absolute atomic E-state index is 9.24. The number of aliphatic hydroxyl groups is 1. The molecule has 2 aliphatic carbocycles. The summed E-state index contributed by atoms with van der Waals surface area (Å²) in [6, 6.07) is 0. The van der Waals surface area contributed by atoms with Gasteiger partial charge in [-0.2, -0.15) is 0 Å². The number of hydrogen-bond acceptors (Lipinski definition) is 3. The molecule has 0 radical (unpaired) electrons. The smallest absolute Gasteiger partial charge is 0.155 e. The third kappa shape index (κ3) is 5.78. The molecular weight excluding hydrogens is 283 g/mol. The number of rotatable bonds is 7. The Morgan fingerprint density at radius 1 is 1.00 bits per heavy atom. The largest absolute Gasteiger partial charge is 0.396 e. The van der Waals surface area contributed by atoms with E-state index in [1.54, 1.807) is 0 Å². The lowest BCUT2D eigenvalue weighted by atomic mass is 9.72. The van der Waals surface area contributed by atoms with Gasteiger partial charge >= 0.3 is 0 Å². The summed E-state index contributed by atoms with van der Waals surface area (Å²) in [6.45, 7) is 4.76. The van der Waals surface area contributed by atoms with Crippen molar-refractivity contribution in [3.05, 3.63) is 0 Å². The van der Waals surface area contributed by atoms with Crippen molar-refractivity contribution >= 4 is 9.03 Å². The molecule has 2 rings (SSSR count). The Morgan fingerprint density at radius 2 is 1.67 bits per heavy atom. The third-order valence-corrected chi connectivity index (χ3v) is 5.82. The molecule has 4 heteroatoms. The van der Waals surface area contributed by atoms with Crippen LogP contribution in [0.1, 0.15) is 71.6 Å². The highest BCUT2D eigenvalue weighted by molar-refractivity contribution is 7.26. The van der Waals surface area contributed by atoms with E-state index in [0.29, 0.717) is 12.7 Å². The summed E-state index contributed by atoms with van der Waals surface area (Å²) >= 11 is 0. The summed E-state index contributed by atoms with van der Waals surface area (Å²) in [5, 5.41) is 9.24. The Kier molecular flexibility index (Phi) is 7.41. The molecule has 0 heterocycles. The molecule has 124 valence electrons. The molecule has 0 spiro atoms. The van der Waals surface area contributed by atoms with Gasteiger partial charge in [0.05, 0.1) is 19.3 Å². The van der Waals surface area contributed by atoms with Crippen LogP contribution in [0.4, 0.5) is 0 Å².